The van der Waals surface area contributed by atoms with E-state index in [-0.39, 0.29) is 5.54 Å². The first-order chi connectivity index (χ1) is 12.6. The third-order valence-electron chi connectivity index (χ3n) is 6.23. The Kier molecular flexibility index (Phi) is 4.16. The predicted molar refractivity (Wildman–Crippen MR) is 104 cm³/mol. The van der Waals surface area contributed by atoms with Crippen molar-refractivity contribution in [2.45, 2.75) is 51.4 Å². The molecule has 0 saturated carbocycles. The minimum absolute atomic E-state index is 0.173. The molecule has 0 atom stereocenters. The molecule has 3 aliphatic rings. The fraction of sp³-hybridized carbons (Fsp3) is 0.579. The summed E-state index contributed by atoms with van der Waals surface area (Å²) >= 11 is 10.3. The third kappa shape index (κ3) is 2.49. The van der Waals surface area contributed by atoms with Crippen LogP contribution in [-0.4, -0.2) is 40.1 Å². The summed E-state index contributed by atoms with van der Waals surface area (Å²) in [5, 5.41) is 1.35. The number of aromatic nitrogens is 2. The SMILES string of the molecule is Cc1c(Br)c2c(c3c(Cl)nc(OCC45CCCN4CCC5)nc13)COC2. The Bertz CT molecular complexity index is 894. The summed E-state index contributed by atoms with van der Waals surface area (Å²) in [4.78, 5) is 11.8. The molecule has 5 nitrogen and oxygen atoms in total. The van der Waals surface area contributed by atoms with E-state index < -0.39 is 0 Å². The molecule has 0 unspecified atom stereocenters. The summed E-state index contributed by atoms with van der Waals surface area (Å²) in [5.74, 6) is 0. The number of hydrogen-bond acceptors (Lipinski definition) is 5. The van der Waals surface area contributed by atoms with Crippen LogP contribution in [0.1, 0.15) is 42.4 Å². The molecular weight excluding hydrogens is 418 g/mol. The van der Waals surface area contributed by atoms with Crippen molar-refractivity contribution in [3.05, 3.63) is 26.3 Å². The van der Waals surface area contributed by atoms with E-state index in [1.807, 2.05) is 6.92 Å². The second kappa shape index (κ2) is 6.30. The fourth-order valence-corrected chi connectivity index (χ4v) is 5.67. The molecule has 0 spiro atoms. The molecule has 2 saturated heterocycles. The van der Waals surface area contributed by atoms with E-state index in [2.05, 4.69) is 25.8 Å². The highest BCUT2D eigenvalue weighted by atomic mass is 79.9. The topological polar surface area (TPSA) is 47.5 Å². The molecule has 0 N–H and O–H groups in total. The standard InChI is InChI=1S/C19H21BrClN3O2/c1-11-15(20)13-9-25-8-12(13)14-16(11)22-18(23-17(14)21)26-10-19-4-2-6-24(19)7-3-5-19/h2-10H2,1H3. The van der Waals surface area contributed by atoms with Gasteiger partial charge in [-0.3, -0.25) is 4.90 Å². The Morgan fingerprint density at radius 2 is 1.92 bits per heavy atom. The summed E-state index contributed by atoms with van der Waals surface area (Å²) in [7, 11) is 0. The smallest absolute Gasteiger partial charge is 0.318 e. The van der Waals surface area contributed by atoms with Gasteiger partial charge in [-0.15, -0.1) is 0 Å². The molecule has 7 heteroatoms. The van der Waals surface area contributed by atoms with E-state index in [4.69, 9.17) is 26.1 Å². The molecule has 3 aliphatic heterocycles. The van der Waals surface area contributed by atoms with Gasteiger partial charge in [0.05, 0.1) is 24.3 Å². The highest BCUT2D eigenvalue weighted by Gasteiger charge is 2.45. The summed E-state index contributed by atoms with van der Waals surface area (Å²) in [5.41, 5.74) is 4.32. The zero-order chi connectivity index (χ0) is 17.9. The van der Waals surface area contributed by atoms with Crippen molar-refractivity contribution < 1.29 is 9.47 Å². The van der Waals surface area contributed by atoms with Crippen molar-refractivity contribution in [2.24, 2.45) is 0 Å². The van der Waals surface area contributed by atoms with Gasteiger partial charge in [0.15, 0.2) is 0 Å². The molecule has 0 amide bonds. The number of aryl methyl sites for hydroxylation is 1. The Hall–Kier alpha value is -0.950. The third-order valence-corrected chi connectivity index (χ3v) is 7.58. The maximum atomic E-state index is 6.56. The van der Waals surface area contributed by atoms with E-state index in [1.165, 1.54) is 38.8 Å². The van der Waals surface area contributed by atoms with E-state index in [1.54, 1.807) is 0 Å². The van der Waals surface area contributed by atoms with Crippen molar-refractivity contribution in [1.82, 2.24) is 14.9 Å². The highest BCUT2D eigenvalue weighted by molar-refractivity contribution is 9.10. The molecule has 0 bridgehead atoms. The van der Waals surface area contributed by atoms with E-state index >= 15 is 0 Å². The van der Waals surface area contributed by atoms with Crippen LogP contribution in [0.2, 0.25) is 5.15 Å². The Balaban J connectivity index is 1.52. The molecule has 0 aliphatic carbocycles. The second-order valence-corrected chi connectivity index (χ2v) is 8.77. The monoisotopic (exact) mass is 437 g/mol. The van der Waals surface area contributed by atoms with Crippen molar-refractivity contribution in [3.8, 4) is 6.01 Å². The molecule has 1 aromatic heterocycles. The normalized spacial score (nSPS) is 21.3. The van der Waals surface area contributed by atoms with Gasteiger partial charge in [-0.1, -0.05) is 27.5 Å². The maximum absolute atomic E-state index is 6.56. The molecule has 2 aromatic rings. The van der Waals surface area contributed by atoms with Crippen LogP contribution in [0.5, 0.6) is 6.01 Å². The van der Waals surface area contributed by atoms with E-state index in [0.29, 0.717) is 31.0 Å². The van der Waals surface area contributed by atoms with Gasteiger partial charge in [0.2, 0.25) is 0 Å². The quantitative estimate of drug-likeness (QED) is 0.665. The molecule has 138 valence electrons. The predicted octanol–water partition coefficient (Wildman–Crippen LogP) is 4.39. The van der Waals surface area contributed by atoms with E-state index in [9.17, 15) is 0 Å². The molecule has 5 rings (SSSR count). The molecular formula is C19H21BrClN3O2. The largest absolute Gasteiger partial charge is 0.461 e. The lowest BCUT2D eigenvalue weighted by Gasteiger charge is -2.31. The van der Waals surface area contributed by atoms with Gasteiger partial charge >= 0.3 is 6.01 Å². The maximum Gasteiger partial charge on any atom is 0.318 e. The van der Waals surface area contributed by atoms with Crippen LogP contribution in [0.3, 0.4) is 0 Å². The lowest BCUT2D eigenvalue weighted by atomic mass is 9.95. The Labute approximate surface area is 166 Å². The fourth-order valence-electron chi connectivity index (χ4n) is 4.86. The Morgan fingerprint density at radius 1 is 1.19 bits per heavy atom. The van der Waals surface area contributed by atoms with Gasteiger partial charge in [0.1, 0.15) is 11.8 Å². The number of rotatable bonds is 3. The average molecular weight is 439 g/mol. The van der Waals surface area contributed by atoms with Gasteiger partial charge in [-0.05, 0) is 62.4 Å². The molecule has 26 heavy (non-hydrogen) atoms. The lowest BCUT2D eigenvalue weighted by molar-refractivity contribution is 0.108. The minimum Gasteiger partial charge on any atom is -0.461 e. The van der Waals surface area contributed by atoms with Crippen LogP contribution in [0.15, 0.2) is 4.47 Å². The van der Waals surface area contributed by atoms with Crippen molar-refractivity contribution >= 4 is 38.4 Å². The molecule has 4 heterocycles. The first-order valence-corrected chi connectivity index (χ1v) is 10.4. The lowest BCUT2D eigenvalue weighted by Crippen LogP contribution is -2.43. The number of ether oxygens (including phenoxy) is 2. The number of halogens is 2. The van der Waals surface area contributed by atoms with E-state index in [0.717, 1.165) is 32.1 Å². The van der Waals surface area contributed by atoms with Crippen LogP contribution in [0, 0.1) is 6.92 Å². The number of hydrogen-bond donors (Lipinski definition) is 0. The van der Waals surface area contributed by atoms with Gasteiger partial charge in [-0.2, -0.15) is 9.97 Å². The van der Waals surface area contributed by atoms with Gasteiger partial charge in [0.25, 0.3) is 0 Å². The zero-order valence-corrected chi connectivity index (χ0v) is 17.1. The zero-order valence-electron chi connectivity index (χ0n) is 14.8. The van der Waals surface area contributed by atoms with Crippen LogP contribution in [0.25, 0.3) is 10.9 Å². The molecule has 2 fully saturated rings. The van der Waals surface area contributed by atoms with Gasteiger partial charge in [-0.25, -0.2) is 0 Å². The Morgan fingerprint density at radius 3 is 2.69 bits per heavy atom. The molecule has 1 aromatic carbocycles. The second-order valence-electron chi connectivity index (χ2n) is 7.62. The van der Waals surface area contributed by atoms with Crippen LogP contribution in [-0.2, 0) is 18.0 Å². The van der Waals surface area contributed by atoms with Crippen LogP contribution in [0.4, 0.5) is 0 Å². The summed E-state index contributed by atoms with van der Waals surface area (Å²) < 4.78 is 12.8. The summed E-state index contributed by atoms with van der Waals surface area (Å²) in [6.07, 6.45) is 4.90. The first-order valence-electron chi connectivity index (χ1n) is 9.22. The van der Waals surface area contributed by atoms with Crippen molar-refractivity contribution in [2.75, 3.05) is 19.7 Å². The summed E-state index contributed by atoms with van der Waals surface area (Å²) in [6.45, 7) is 6.20. The first kappa shape index (κ1) is 17.2. The van der Waals surface area contributed by atoms with Crippen molar-refractivity contribution in [1.29, 1.82) is 0 Å². The highest BCUT2D eigenvalue weighted by Crippen LogP contribution is 2.41. The minimum atomic E-state index is 0.173. The van der Waals surface area contributed by atoms with Gasteiger partial charge < -0.3 is 9.47 Å². The van der Waals surface area contributed by atoms with Crippen LogP contribution < -0.4 is 4.74 Å². The van der Waals surface area contributed by atoms with Crippen LogP contribution >= 0.6 is 27.5 Å². The van der Waals surface area contributed by atoms with Gasteiger partial charge in [0, 0.05) is 9.86 Å². The number of benzene rings is 1. The van der Waals surface area contributed by atoms with Crippen molar-refractivity contribution in [3.63, 3.8) is 0 Å². The summed E-state index contributed by atoms with van der Waals surface area (Å²) in [6, 6.07) is 0.379. The number of fused-ring (bicyclic) bond motifs is 4. The average Bonchev–Trinajstić information content (AvgIpc) is 3.32. The number of nitrogens with zero attached hydrogens (tertiary/aromatic N) is 3. The molecule has 0 radical (unpaired) electrons.